The lowest BCUT2D eigenvalue weighted by Gasteiger charge is -2.19. The van der Waals surface area contributed by atoms with E-state index in [0.717, 1.165) is 18.7 Å². The second kappa shape index (κ2) is 3.05. The van der Waals surface area contributed by atoms with Gasteiger partial charge in [0.1, 0.15) is 6.17 Å². The van der Waals surface area contributed by atoms with Crippen molar-refractivity contribution in [3.63, 3.8) is 0 Å². The number of hydrogen-bond donors (Lipinski definition) is 2. The minimum atomic E-state index is -0.673. The lowest BCUT2D eigenvalue weighted by atomic mass is 9.90. The number of aliphatic hydroxyl groups is 1. The van der Waals surface area contributed by atoms with Crippen molar-refractivity contribution in [1.82, 2.24) is 5.32 Å². The molecule has 2 aliphatic rings. The number of rotatable bonds is 1. The van der Waals surface area contributed by atoms with Crippen LogP contribution < -0.4 is 5.32 Å². The average molecular weight is 171 g/mol. The summed E-state index contributed by atoms with van der Waals surface area (Å²) < 4.78 is 12.9. The number of aliphatic hydroxyl groups excluding tert-OH is 1. The molecule has 1 unspecified atom stereocenters. The Bertz CT molecular complexity index is 215. The maximum absolute atomic E-state index is 12.9. The predicted molar refractivity (Wildman–Crippen MR) is 44.4 cm³/mol. The van der Waals surface area contributed by atoms with Crippen LogP contribution in [0, 0.1) is 5.92 Å². The molecule has 1 heterocycles. The van der Waals surface area contributed by atoms with E-state index in [1.54, 1.807) is 0 Å². The van der Waals surface area contributed by atoms with Crippen molar-refractivity contribution in [2.24, 2.45) is 5.92 Å². The molecule has 2 N–H and O–H groups in total. The van der Waals surface area contributed by atoms with Gasteiger partial charge in [-0.25, -0.2) is 4.39 Å². The van der Waals surface area contributed by atoms with Gasteiger partial charge in [0.05, 0.1) is 6.61 Å². The molecule has 0 saturated carbocycles. The monoisotopic (exact) mass is 171 g/mol. The second-order valence-corrected chi connectivity index (χ2v) is 3.60. The molecule has 0 radical (unpaired) electrons. The van der Waals surface area contributed by atoms with Gasteiger partial charge in [0.15, 0.2) is 0 Å². The molecule has 1 aliphatic heterocycles. The highest BCUT2D eigenvalue weighted by Crippen LogP contribution is 2.33. The topological polar surface area (TPSA) is 32.3 Å². The molecule has 0 aromatic rings. The molecule has 2 atom stereocenters. The van der Waals surface area contributed by atoms with Gasteiger partial charge in [-0.15, -0.1) is 0 Å². The Hall–Kier alpha value is -0.570. The number of allylic oxidation sites excluding steroid dienone is 1. The van der Waals surface area contributed by atoms with E-state index < -0.39 is 6.17 Å². The molecular weight excluding hydrogens is 157 g/mol. The van der Waals surface area contributed by atoms with Crippen LogP contribution in [0.25, 0.3) is 0 Å². The third-order valence-electron chi connectivity index (χ3n) is 2.82. The van der Waals surface area contributed by atoms with Crippen LogP contribution in [0.1, 0.15) is 19.3 Å². The number of halogens is 1. The Kier molecular flexibility index (Phi) is 2.05. The Labute approximate surface area is 71.5 Å². The molecule has 12 heavy (non-hydrogen) atoms. The summed E-state index contributed by atoms with van der Waals surface area (Å²) in [7, 11) is 0. The van der Waals surface area contributed by atoms with Crippen molar-refractivity contribution < 1.29 is 9.50 Å². The Balaban J connectivity index is 2.13. The van der Waals surface area contributed by atoms with Crippen LogP contribution in [0.5, 0.6) is 0 Å². The highest BCUT2D eigenvalue weighted by Gasteiger charge is 2.29. The Morgan fingerprint density at radius 2 is 2.42 bits per heavy atom. The maximum atomic E-state index is 12.9. The first kappa shape index (κ1) is 8.05. The zero-order valence-electron chi connectivity index (χ0n) is 7.02. The number of nitrogens with one attached hydrogen (secondary N) is 1. The van der Waals surface area contributed by atoms with Crippen molar-refractivity contribution in [1.29, 1.82) is 0 Å². The molecule has 2 rings (SSSR count). The van der Waals surface area contributed by atoms with Gasteiger partial charge in [0.25, 0.3) is 0 Å². The lowest BCUT2D eigenvalue weighted by molar-refractivity contribution is 0.245. The molecule has 1 aliphatic carbocycles. The van der Waals surface area contributed by atoms with Gasteiger partial charge < -0.3 is 10.4 Å². The SMILES string of the molecule is OC[C@@H]1CNC2=C1CCC(F)C2. The Morgan fingerprint density at radius 3 is 3.17 bits per heavy atom. The molecule has 0 aromatic carbocycles. The first-order valence-electron chi connectivity index (χ1n) is 4.52. The molecule has 0 amide bonds. The smallest absolute Gasteiger partial charge is 0.106 e. The van der Waals surface area contributed by atoms with E-state index in [0.29, 0.717) is 12.8 Å². The van der Waals surface area contributed by atoms with Crippen molar-refractivity contribution in [2.75, 3.05) is 13.2 Å². The van der Waals surface area contributed by atoms with Gasteiger partial charge in [-0.2, -0.15) is 0 Å². The summed E-state index contributed by atoms with van der Waals surface area (Å²) in [6, 6.07) is 0. The van der Waals surface area contributed by atoms with Crippen LogP contribution in [0.2, 0.25) is 0 Å². The lowest BCUT2D eigenvalue weighted by Crippen LogP contribution is -2.15. The third kappa shape index (κ3) is 1.22. The van der Waals surface area contributed by atoms with E-state index in [1.165, 1.54) is 5.57 Å². The average Bonchev–Trinajstić information content (AvgIpc) is 2.46. The van der Waals surface area contributed by atoms with E-state index in [2.05, 4.69) is 5.32 Å². The summed E-state index contributed by atoms with van der Waals surface area (Å²) in [6.45, 7) is 0.997. The molecule has 0 spiro atoms. The fourth-order valence-electron chi connectivity index (χ4n) is 2.10. The van der Waals surface area contributed by atoms with Crippen LogP contribution in [-0.4, -0.2) is 24.4 Å². The van der Waals surface area contributed by atoms with Crippen molar-refractivity contribution >= 4 is 0 Å². The highest BCUT2D eigenvalue weighted by molar-refractivity contribution is 5.25. The van der Waals surface area contributed by atoms with Gasteiger partial charge >= 0.3 is 0 Å². The summed E-state index contributed by atoms with van der Waals surface area (Å²) in [5.41, 5.74) is 2.33. The normalized spacial score (nSPS) is 34.8. The van der Waals surface area contributed by atoms with Crippen molar-refractivity contribution in [3.8, 4) is 0 Å². The van der Waals surface area contributed by atoms with Crippen molar-refractivity contribution in [3.05, 3.63) is 11.3 Å². The molecule has 0 fully saturated rings. The van der Waals surface area contributed by atoms with Gasteiger partial charge in [0.2, 0.25) is 0 Å². The quantitative estimate of drug-likeness (QED) is 0.616. The van der Waals surface area contributed by atoms with E-state index in [-0.39, 0.29) is 12.5 Å². The van der Waals surface area contributed by atoms with Crippen LogP contribution in [0.4, 0.5) is 4.39 Å². The Morgan fingerprint density at radius 1 is 1.58 bits per heavy atom. The number of hydrogen-bond acceptors (Lipinski definition) is 2. The zero-order valence-corrected chi connectivity index (χ0v) is 7.02. The predicted octanol–water partition coefficient (Wildman–Crippen LogP) is 0.974. The molecule has 3 heteroatoms. The summed E-state index contributed by atoms with van der Waals surface area (Å²) in [4.78, 5) is 0. The minimum Gasteiger partial charge on any atom is -0.396 e. The minimum absolute atomic E-state index is 0.197. The van der Waals surface area contributed by atoms with E-state index in [1.807, 2.05) is 0 Å². The summed E-state index contributed by atoms with van der Waals surface area (Å²) in [5.74, 6) is 0.257. The van der Waals surface area contributed by atoms with E-state index in [4.69, 9.17) is 5.11 Å². The third-order valence-corrected chi connectivity index (χ3v) is 2.82. The molecule has 0 saturated heterocycles. The summed E-state index contributed by atoms with van der Waals surface area (Å²) >= 11 is 0. The molecule has 0 aromatic heterocycles. The van der Waals surface area contributed by atoms with Gasteiger partial charge in [-0.05, 0) is 18.4 Å². The molecule has 68 valence electrons. The van der Waals surface area contributed by atoms with Gasteiger partial charge in [-0.1, -0.05) is 0 Å². The zero-order chi connectivity index (χ0) is 8.55. The van der Waals surface area contributed by atoms with Gasteiger partial charge in [0, 0.05) is 24.6 Å². The number of alkyl halides is 1. The second-order valence-electron chi connectivity index (χ2n) is 3.60. The van der Waals surface area contributed by atoms with Crippen LogP contribution in [-0.2, 0) is 0 Å². The van der Waals surface area contributed by atoms with Crippen LogP contribution in [0.15, 0.2) is 11.3 Å². The maximum Gasteiger partial charge on any atom is 0.106 e. The van der Waals surface area contributed by atoms with E-state index >= 15 is 0 Å². The molecular formula is C9H14FNO. The van der Waals surface area contributed by atoms with E-state index in [9.17, 15) is 4.39 Å². The standard InChI is InChI=1S/C9H14FNO/c10-7-1-2-8-6(5-12)4-11-9(8)3-7/h6-7,11-12H,1-5H2/t6-,7?/m0/s1. The first-order valence-corrected chi connectivity index (χ1v) is 4.52. The van der Waals surface area contributed by atoms with Crippen LogP contribution in [0.3, 0.4) is 0 Å². The van der Waals surface area contributed by atoms with Crippen LogP contribution >= 0.6 is 0 Å². The molecule has 2 nitrogen and oxygen atoms in total. The summed E-state index contributed by atoms with van der Waals surface area (Å²) in [5, 5.41) is 12.2. The fourth-order valence-corrected chi connectivity index (χ4v) is 2.10. The molecule has 0 bridgehead atoms. The first-order chi connectivity index (χ1) is 5.81. The largest absolute Gasteiger partial charge is 0.396 e. The van der Waals surface area contributed by atoms with Gasteiger partial charge in [-0.3, -0.25) is 0 Å². The van der Waals surface area contributed by atoms with Crippen molar-refractivity contribution in [2.45, 2.75) is 25.4 Å². The summed E-state index contributed by atoms with van der Waals surface area (Å²) in [6.07, 6.45) is 1.33. The highest BCUT2D eigenvalue weighted by atomic mass is 19.1. The fraction of sp³-hybridized carbons (Fsp3) is 0.778.